The summed E-state index contributed by atoms with van der Waals surface area (Å²) >= 11 is 0. The Morgan fingerprint density at radius 3 is 2.52 bits per heavy atom. The second-order valence-corrected chi connectivity index (χ2v) is 7.11. The van der Waals surface area contributed by atoms with E-state index in [1.54, 1.807) is 24.3 Å². The first kappa shape index (κ1) is 17.5. The summed E-state index contributed by atoms with van der Waals surface area (Å²) in [6.45, 7) is 1.75. The molecule has 0 unspecified atom stereocenters. The van der Waals surface area contributed by atoms with Crippen LogP contribution in [0.25, 0.3) is 11.1 Å². The molecule has 0 saturated carbocycles. The molecule has 2 aliphatic rings. The third kappa shape index (κ3) is 3.05. The molecule has 29 heavy (non-hydrogen) atoms. The number of carbonyl (C=O) groups is 2. The maximum absolute atomic E-state index is 13.0. The Morgan fingerprint density at radius 1 is 0.931 bits per heavy atom. The summed E-state index contributed by atoms with van der Waals surface area (Å²) in [5, 5.41) is 0. The Labute approximate surface area is 168 Å². The Hall–Kier alpha value is -3.60. The summed E-state index contributed by atoms with van der Waals surface area (Å²) in [6.07, 6.45) is 1.57. The van der Waals surface area contributed by atoms with Gasteiger partial charge in [-0.15, -0.1) is 0 Å². The maximum Gasteiger partial charge on any atom is 0.258 e. The van der Waals surface area contributed by atoms with Crippen LogP contribution in [-0.4, -0.2) is 32.0 Å². The fourth-order valence-electron chi connectivity index (χ4n) is 3.99. The fourth-order valence-corrected chi connectivity index (χ4v) is 3.99. The van der Waals surface area contributed by atoms with Gasteiger partial charge >= 0.3 is 0 Å². The van der Waals surface area contributed by atoms with Crippen LogP contribution in [-0.2, 0) is 6.42 Å². The van der Waals surface area contributed by atoms with Crippen molar-refractivity contribution in [2.45, 2.75) is 6.42 Å². The van der Waals surface area contributed by atoms with Gasteiger partial charge in [-0.2, -0.15) is 0 Å². The van der Waals surface area contributed by atoms with Gasteiger partial charge in [-0.3, -0.25) is 9.59 Å². The highest BCUT2D eigenvalue weighted by Crippen LogP contribution is 2.40. The van der Waals surface area contributed by atoms with Gasteiger partial charge in [0.15, 0.2) is 11.5 Å². The van der Waals surface area contributed by atoms with Crippen molar-refractivity contribution in [2.24, 2.45) is 0 Å². The van der Waals surface area contributed by atoms with Crippen LogP contribution < -0.4 is 14.4 Å². The van der Waals surface area contributed by atoms with E-state index < -0.39 is 0 Å². The summed E-state index contributed by atoms with van der Waals surface area (Å²) in [4.78, 5) is 25.7. The molecule has 0 N–H and O–H groups in total. The lowest BCUT2D eigenvalue weighted by atomic mass is 9.97. The molecule has 5 heteroatoms. The number of hydrogen-bond acceptors (Lipinski definition) is 4. The summed E-state index contributed by atoms with van der Waals surface area (Å²) in [6, 6.07) is 18.8. The van der Waals surface area contributed by atoms with Crippen molar-refractivity contribution >= 4 is 17.9 Å². The van der Waals surface area contributed by atoms with Crippen molar-refractivity contribution in [2.75, 3.05) is 24.7 Å². The molecule has 0 saturated heterocycles. The monoisotopic (exact) mass is 385 g/mol. The number of aldehydes is 1. The van der Waals surface area contributed by atoms with Crippen LogP contribution in [0.1, 0.15) is 26.3 Å². The van der Waals surface area contributed by atoms with Gasteiger partial charge in [0.25, 0.3) is 5.91 Å². The molecule has 0 bridgehead atoms. The van der Waals surface area contributed by atoms with Crippen molar-refractivity contribution in [3.8, 4) is 22.6 Å². The highest BCUT2D eigenvalue weighted by atomic mass is 16.6. The zero-order valence-corrected chi connectivity index (χ0v) is 15.8. The zero-order valence-electron chi connectivity index (χ0n) is 15.8. The van der Waals surface area contributed by atoms with Crippen molar-refractivity contribution in [3.05, 3.63) is 77.4 Å². The number of amides is 1. The Bertz CT molecular complexity index is 1100. The maximum atomic E-state index is 13.0. The minimum Gasteiger partial charge on any atom is -0.486 e. The van der Waals surface area contributed by atoms with Gasteiger partial charge in [0.2, 0.25) is 0 Å². The summed E-state index contributed by atoms with van der Waals surface area (Å²) in [7, 11) is 0. The van der Waals surface area contributed by atoms with Crippen LogP contribution in [0, 0.1) is 0 Å². The third-order valence-electron chi connectivity index (χ3n) is 5.42. The quantitative estimate of drug-likeness (QED) is 0.636. The normalized spacial score (nSPS) is 14.4. The standard InChI is InChI=1S/C24H19NO4/c26-15-16-4-6-17(7-5-16)24(27)25-11-10-20-19(2-1-3-21(20)25)18-8-9-22-23(14-18)29-13-12-28-22/h1-9,14-15H,10-13H2. The first-order chi connectivity index (χ1) is 14.2. The molecule has 1 amide bonds. The summed E-state index contributed by atoms with van der Waals surface area (Å²) < 4.78 is 11.3. The van der Waals surface area contributed by atoms with E-state index in [1.807, 2.05) is 35.2 Å². The SMILES string of the molecule is O=Cc1ccc(C(=O)N2CCc3c(-c4ccc5c(c4)OCCO5)cccc32)cc1. The van der Waals surface area contributed by atoms with Crippen LogP contribution in [0.2, 0.25) is 0 Å². The molecule has 5 rings (SSSR count). The average molecular weight is 385 g/mol. The first-order valence-corrected chi connectivity index (χ1v) is 9.63. The Kier molecular flexibility index (Phi) is 4.28. The Balaban J connectivity index is 1.49. The third-order valence-corrected chi connectivity index (χ3v) is 5.42. The van der Waals surface area contributed by atoms with Gasteiger partial charge < -0.3 is 14.4 Å². The number of nitrogens with zero attached hydrogens (tertiary/aromatic N) is 1. The van der Waals surface area contributed by atoms with E-state index in [-0.39, 0.29) is 5.91 Å². The van der Waals surface area contributed by atoms with Crippen molar-refractivity contribution in [1.29, 1.82) is 0 Å². The molecule has 144 valence electrons. The lowest BCUT2D eigenvalue weighted by molar-refractivity contribution is 0.0988. The molecule has 0 spiro atoms. The topological polar surface area (TPSA) is 55.8 Å². The number of hydrogen-bond donors (Lipinski definition) is 0. The Morgan fingerprint density at radius 2 is 1.72 bits per heavy atom. The molecule has 3 aromatic carbocycles. The van der Waals surface area contributed by atoms with Crippen molar-refractivity contribution in [1.82, 2.24) is 0 Å². The van der Waals surface area contributed by atoms with Crippen LogP contribution >= 0.6 is 0 Å². The lowest BCUT2D eigenvalue weighted by Crippen LogP contribution is -2.28. The van der Waals surface area contributed by atoms with Crippen LogP contribution in [0.3, 0.4) is 0 Å². The first-order valence-electron chi connectivity index (χ1n) is 9.63. The molecule has 0 aromatic heterocycles. The van der Waals surface area contributed by atoms with Gasteiger partial charge in [-0.1, -0.05) is 30.3 Å². The van der Waals surface area contributed by atoms with Gasteiger partial charge in [-0.25, -0.2) is 0 Å². The largest absolute Gasteiger partial charge is 0.486 e. The molecule has 0 atom stereocenters. The number of fused-ring (bicyclic) bond motifs is 2. The molecule has 2 aliphatic heterocycles. The summed E-state index contributed by atoms with van der Waals surface area (Å²) in [5.74, 6) is 1.47. The molecule has 2 heterocycles. The van der Waals surface area contributed by atoms with E-state index in [0.717, 1.165) is 46.6 Å². The van der Waals surface area contributed by atoms with E-state index in [9.17, 15) is 9.59 Å². The molecular formula is C24H19NO4. The van der Waals surface area contributed by atoms with E-state index >= 15 is 0 Å². The van der Waals surface area contributed by atoms with Crippen molar-refractivity contribution < 1.29 is 19.1 Å². The number of rotatable bonds is 3. The van der Waals surface area contributed by atoms with Gasteiger partial charge in [-0.05, 0) is 53.4 Å². The molecular weight excluding hydrogens is 366 g/mol. The summed E-state index contributed by atoms with van der Waals surface area (Å²) in [5.41, 5.74) is 5.38. The smallest absolute Gasteiger partial charge is 0.258 e. The number of benzene rings is 3. The minimum absolute atomic E-state index is 0.0551. The van der Waals surface area contributed by atoms with Gasteiger partial charge in [0.1, 0.15) is 19.5 Å². The second kappa shape index (κ2) is 7.09. The van der Waals surface area contributed by atoms with E-state index in [1.165, 1.54) is 0 Å². The van der Waals surface area contributed by atoms with E-state index in [2.05, 4.69) is 6.07 Å². The molecule has 0 fully saturated rings. The van der Waals surface area contributed by atoms with Crippen LogP contribution in [0.15, 0.2) is 60.7 Å². The highest BCUT2D eigenvalue weighted by Gasteiger charge is 2.28. The number of carbonyl (C=O) groups excluding carboxylic acids is 2. The predicted octanol–water partition coefficient (Wildman–Crippen LogP) is 4.14. The molecule has 0 aliphatic carbocycles. The fraction of sp³-hybridized carbons (Fsp3) is 0.167. The second-order valence-electron chi connectivity index (χ2n) is 7.11. The van der Waals surface area contributed by atoms with E-state index in [4.69, 9.17) is 9.47 Å². The lowest BCUT2D eigenvalue weighted by Gasteiger charge is -2.20. The van der Waals surface area contributed by atoms with Gasteiger partial charge in [0.05, 0.1) is 0 Å². The molecule has 3 aromatic rings. The van der Waals surface area contributed by atoms with Crippen molar-refractivity contribution in [3.63, 3.8) is 0 Å². The zero-order chi connectivity index (χ0) is 19.8. The molecule has 0 radical (unpaired) electrons. The van der Waals surface area contributed by atoms with Gasteiger partial charge in [0, 0.05) is 23.4 Å². The van der Waals surface area contributed by atoms with E-state index in [0.29, 0.717) is 30.9 Å². The molecule has 5 nitrogen and oxygen atoms in total. The number of anilines is 1. The van der Waals surface area contributed by atoms with Crippen LogP contribution in [0.4, 0.5) is 5.69 Å². The average Bonchev–Trinajstić information content (AvgIpc) is 3.22. The van der Waals surface area contributed by atoms with Crippen LogP contribution in [0.5, 0.6) is 11.5 Å². The predicted molar refractivity (Wildman–Crippen MR) is 110 cm³/mol. The number of ether oxygens (including phenoxy) is 2. The minimum atomic E-state index is -0.0551. The highest BCUT2D eigenvalue weighted by molar-refractivity contribution is 6.08.